The van der Waals surface area contributed by atoms with Crippen LogP contribution in [0.5, 0.6) is 0 Å². The van der Waals surface area contributed by atoms with Gasteiger partial charge < -0.3 is 20.3 Å². The van der Waals surface area contributed by atoms with Crippen LogP contribution in [0, 0.1) is 11.6 Å². The number of hydrogen-bond acceptors (Lipinski definition) is 3. The van der Waals surface area contributed by atoms with Gasteiger partial charge in [-0.25, -0.2) is 13.6 Å². The molecule has 1 fully saturated rings. The summed E-state index contributed by atoms with van der Waals surface area (Å²) in [7, 11) is 1.58. The number of ether oxygens (including phenoxy) is 1. The highest BCUT2D eigenvalue weighted by atomic mass is 19.1. The first-order valence-corrected chi connectivity index (χ1v) is 8.07. The molecule has 8 heteroatoms. The number of nitrogens with one attached hydrogen (secondary N) is 2. The molecule has 0 aliphatic carbocycles. The van der Waals surface area contributed by atoms with Crippen LogP contribution in [0.4, 0.5) is 13.6 Å². The number of guanidine groups is 1. The van der Waals surface area contributed by atoms with E-state index in [0.29, 0.717) is 19.0 Å². The first-order chi connectivity index (χ1) is 11.7. The lowest BCUT2D eigenvalue weighted by atomic mass is 10.1. The molecule has 1 aliphatic heterocycles. The minimum Gasteiger partial charge on any atom is -0.444 e. The van der Waals surface area contributed by atoms with Crippen LogP contribution >= 0.6 is 0 Å². The maximum absolute atomic E-state index is 13.6. The summed E-state index contributed by atoms with van der Waals surface area (Å²) < 4.78 is 32.1. The summed E-state index contributed by atoms with van der Waals surface area (Å²) in [5, 5.41) is 6.06. The summed E-state index contributed by atoms with van der Waals surface area (Å²) in [6, 6.07) is 3.33. The van der Waals surface area contributed by atoms with Gasteiger partial charge in [-0.3, -0.25) is 4.99 Å². The number of hydrogen-bond donors (Lipinski definition) is 2. The van der Waals surface area contributed by atoms with Crippen molar-refractivity contribution in [3.05, 3.63) is 35.4 Å². The van der Waals surface area contributed by atoms with Gasteiger partial charge in [0.2, 0.25) is 0 Å². The standard InChI is InChI=1S/C17H24F2N4O2/c1-17(2,3)25-16(24)23-9-13(10-23)22-15(20-4)21-8-11-7-12(18)5-6-14(11)19/h5-7,13H,8-10H2,1-4H3,(H2,20,21,22). The van der Waals surface area contributed by atoms with Gasteiger partial charge in [0.15, 0.2) is 5.96 Å². The number of aliphatic imine (C=N–C) groups is 1. The van der Waals surface area contributed by atoms with E-state index < -0.39 is 17.2 Å². The molecule has 1 aliphatic rings. The topological polar surface area (TPSA) is 66.0 Å². The molecule has 1 saturated heterocycles. The van der Waals surface area contributed by atoms with Gasteiger partial charge in [0.1, 0.15) is 17.2 Å². The number of nitrogens with zero attached hydrogens (tertiary/aromatic N) is 2. The molecule has 0 spiro atoms. The van der Waals surface area contributed by atoms with Crippen LogP contribution < -0.4 is 10.6 Å². The Morgan fingerprint density at radius 3 is 2.64 bits per heavy atom. The van der Waals surface area contributed by atoms with Gasteiger partial charge in [0.25, 0.3) is 0 Å². The summed E-state index contributed by atoms with van der Waals surface area (Å²) in [6.45, 7) is 6.53. The Hall–Kier alpha value is -2.38. The van der Waals surface area contributed by atoms with Crippen LogP contribution in [0.15, 0.2) is 23.2 Å². The normalized spacial score (nSPS) is 15.6. The Labute approximate surface area is 146 Å². The Morgan fingerprint density at radius 2 is 2.04 bits per heavy atom. The molecular weight excluding hydrogens is 330 g/mol. The van der Waals surface area contributed by atoms with Gasteiger partial charge in [-0.2, -0.15) is 0 Å². The summed E-state index contributed by atoms with van der Waals surface area (Å²) in [5.74, 6) is -0.519. The molecule has 0 saturated carbocycles. The Balaban J connectivity index is 1.79. The smallest absolute Gasteiger partial charge is 0.410 e. The van der Waals surface area contributed by atoms with Gasteiger partial charge in [0.05, 0.1) is 6.04 Å². The molecule has 1 aromatic carbocycles. The first-order valence-electron chi connectivity index (χ1n) is 8.07. The SMILES string of the molecule is CN=C(NCc1cc(F)ccc1F)NC1CN(C(=O)OC(C)(C)C)C1. The maximum atomic E-state index is 13.6. The second kappa shape index (κ2) is 7.67. The van der Waals surface area contributed by atoms with Crippen molar-refractivity contribution in [3.63, 3.8) is 0 Å². The highest BCUT2D eigenvalue weighted by Gasteiger charge is 2.34. The lowest BCUT2D eigenvalue weighted by molar-refractivity contribution is 0.00701. The molecular formula is C17H24F2N4O2. The van der Waals surface area contributed by atoms with Crippen molar-refractivity contribution in [2.24, 2.45) is 4.99 Å². The maximum Gasteiger partial charge on any atom is 0.410 e. The Kier molecular flexibility index (Phi) is 5.81. The fraction of sp³-hybridized carbons (Fsp3) is 0.529. The van der Waals surface area contributed by atoms with Gasteiger partial charge >= 0.3 is 6.09 Å². The van der Waals surface area contributed by atoms with Gasteiger partial charge in [-0.05, 0) is 39.0 Å². The molecule has 6 nitrogen and oxygen atoms in total. The van der Waals surface area contributed by atoms with E-state index >= 15 is 0 Å². The van der Waals surface area contributed by atoms with Crippen molar-refractivity contribution in [3.8, 4) is 0 Å². The predicted molar refractivity (Wildman–Crippen MR) is 91.3 cm³/mol. The van der Waals surface area contributed by atoms with E-state index in [1.165, 1.54) is 0 Å². The minimum atomic E-state index is -0.526. The van der Waals surface area contributed by atoms with Crippen molar-refractivity contribution in [2.75, 3.05) is 20.1 Å². The predicted octanol–water partition coefficient (Wildman–Crippen LogP) is 2.25. The summed E-state index contributed by atoms with van der Waals surface area (Å²) >= 11 is 0. The van der Waals surface area contributed by atoms with Crippen molar-refractivity contribution in [1.29, 1.82) is 0 Å². The highest BCUT2D eigenvalue weighted by Crippen LogP contribution is 2.15. The number of carbonyl (C=O) groups excluding carboxylic acids is 1. The van der Waals surface area contributed by atoms with Crippen LogP contribution in [-0.4, -0.2) is 48.7 Å². The van der Waals surface area contributed by atoms with E-state index in [0.717, 1.165) is 18.2 Å². The van der Waals surface area contributed by atoms with E-state index in [-0.39, 0.29) is 24.2 Å². The van der Waals surface area contributed by atoms with Gasteiger partial charge in [-0.1, -0.05) is 0 Å². The molecule has 0 radical (unpaired) electrons. The van der Waals surface area contributed by atoms with E-state index in [4.69, 9.17) is 4.74 Å². The van der Waals surface area contributed by atoms with Crippen LogP contribution in [0.1, 0.15) is 26.3 Å². The monoisotopic (exact) mass is 354 g/mol. The van der Waals surface area contributed by atoms with Crippen molar-refractivity contribution < 1.29 is 18.3 Å². The minimum absolute atomic E-state index is 0.0241. The van der Waals surface area contributed by atoms with Crippen LogP contribution in [-0.2, 0) is 11.3 Å². The lowest BCUT2D eigenvalue weighted by Gasteiger charge is -2.40. The number of carbonyl (C=O) groups is 1. The molecule has 0 atom stereocenters. The number of benzene rings is 1. The third kappa shape index (κ3) is 5.58. The molecule has 2 rings (SSSR count). The van der Waals surface area contributed by atoms with Crippen molar-refractivity contribution in [1.82, 2.24) is 15.5 Å². The lowest BCUT2D eigenvalue weighted by Crippen LogP contribution is -2.63. The zero-order valence-electron chi connectivity index (χ0n) is 14.9. The van der Waals surface area contributed by atoms with Gasteiger partial charge in [0, 0.05) is 32.2 Å². The number of rotatable bonds is 3. The average molecular weight is 354 g/mol. The number of amides is 1. The molecule has 1 heterocycles. The molecule has 0 unspecified atom stereocenters. The van der Waals surface area contributed by atoms with E-state index in [1.807, 2.05) is 20.8 Å². The number of halogens is 2. The van der Waals surface area contributed by atoms with Crippen LogP contribution in [0.25, 0.3) is 0 Å². The Morgan fingerprint density at radius 1 is 1.36 bits per heavy atom. The zero-order valence-corrected chi connectivity index (χ0v) is 14.9. The molecule has 1 amide bonds. The second-order valence-corrected chi connectivity index (χ2v) is 6.89. The molecule has 1 aromatic rings. The molecule has 2 N–H and O–H groups in total. The van der Waals surface area contributed by atoms with Crippen molar-refractivity contribution in [2.45, 2.75) is 39.0 Å². The third-order valence-electron chi connectivity index (χ3n) is 3.55. The fourth-order valence-corrected chi connectivity index (χ4v) is 2.29. The van der Waals surface area contributed by atoms with E-state index in [2.05, 4.69) is 15.6 Å². The Bertz CT molecular complexity index is 653. The second-order valence-electron chi connectivity index (χ2n) is 6.89. The van der Waals surface area contributed by atoms with E-state index in [1.54, 1.807) is 11.9 Å². The largest absolute Gasteiger partial charge is 0.444 e. The molecule has 0 aromatic heterocycles. The molecule has 25 heavy (non-hydrogen) atoms. The molecule has 0 bridgehead atoms. The number of likely N-dealkylation sites (tertiary alicyclic amines) is 1. The highest BCUT2D eigenvalue weighted by molar-refractivity contribution is 5.80. The summed E-state index contributed by atoms with van der Waals surface area (Å²) in [5.41, 5.74) is -0.311. The van der Waals surface area contributed by atoms with Gasteiger partial charge in [-0.15, -0.1) is 0 Å². The summed E-state index contributed by atoms with van der Waals surface area (Å²) in [6.07, 6.45) is -0.352. The first kappa shape index (κ1) is 19.0. The third-order valence-corrected chi connectivity index (χ3v) is 3.55. The fourth-order valence-electron chi connectivity index (χ4n) is 2.29. The van der Waals surface area contributed by atoms with Crippen LogP contribution in [0.2, 0.25) is 0 Å². The van der Waals surface area contributed by atoms with Crippen molar-refractivity contribution >= 4 is 12.1 Å². The quantitative estimate of drug-likeness (QED) is 0.645. The van der Waals surface area contributed by atoms with Crippen LogP contribution in [0.3, 0.4) is 0 Å². The molecule has 138 valence electrons. The average Bonchev–Trinajstić information content (AvgIpc) is 2.46. The zero-order chi connectivity index (χ0) is 18.6. The van der Waals surface area contributed by atoms with E-state index in [9.17, 15) is 13.6 Å². The summed E-state index contributed by atoms with van der Waals surface area (Å²) in [4.78, 5) is 17.5.